The first-order chi connectivity index (χ1) is 9.31. The summed E-state index contributed by atoms with van der Waals surface area (Å²) in [5.41, 5.74) is 2.15. The van der Waals surface area contributed by atoms with Gasteiger partial charge in [0.2, 0.25) is 0 Å². The Bertz CT molecular complexity index is 460. The molecule has 0 aromatic heterocycles. The number of carbonyl (C=O) groups is 1. The van der Waals surface area contributed by atoms with Crippen LogP contribution in [0.15, 0.2) is 18.2 Å². The van der Waals surface area contributed by atoms with Crippen LogP contribution in [0.25, 0.3) is 0 Å². The fraction of sp³-hybridized carbons (Fsp3) is 0.562. The molecule has 0 bridgehead atoms. The zero-order valence-electron chi connectivity index (χ0n) is 12.7. The summed E-state index contributed by atoms with van der Waals surface area (Å²) in [7, 11) is 0. The second-order valence-electron chi connectivity index (χ2n) is 5.80. The second kappa shape index (κ2) is 7.53. The molecule has 0 saturated heterocycles. The highest BCUT2D eigenvalue weighted by molar-refractivity contribution is 6.30. The molecule has 1 N–H and O–H groups in total. The normalized spacial score (nSPS) is 12.5. The molecule has 0 amide bonds. The van der Waals surface area contributed by atoms with E-state index in [9.17, 15) is 4.79 Å². The lowest BCUT2D eigenvalue weighted by atomic mass is 10.1. The first-order valence-electron chi connectivity index (χ1n) is 7.05. The molecule has 0 radical (unpaired) electrons. The van der Waals surface area contributed by atoms with Gasteiger partial charge in [-0.1, -0.05) is 32.4 Å². The van der Waals surface area contributed by atoms with Crippen LogP contribution in [0.1, 0.15) is 32.8 Å². The number of carboxylic acids is 1. The first-order valence-corrected chi connectivity index (χ1v) is 7.43. The number of nitrogens with zero attached hydrogens (tertiary/aromatic N) is 1. The van der Waals surface area contributed by atoms with Crippen molar-refractivity contribution in [1.82, 2.24) is 0 Å². The van der Waals surface area contributed by atoms with Crippen LogP contribution in [-0.4, -0.2) is 24.2 Å². The van der Waals surface area contributed by atoms with Gasteiger partial charge in [0, 0.05) is 23.8 Å². The Hall–Kier alpha value is -1.22. The minimum Gasteiger partial charge on any atom is -0.481 e. The van der Waals surface area contributed by atoms with Gasteiger partial charge in [-0.2, -0.15) is 0 Å². The second-order valence-corrected chi connectivity index (χ2v) is 6.24. The van der Waals surface area contributed by atoms with E-state index in [0.717, 1.165) is 24.2 Å². The lowest BCUT2D eigenvalue weighted by molar-refractivity contribution is -0.140. The molecule has 0 aliphatic carbocycles. The van der Waals surface area contributed by atoms with Crippen LogP contribution in [0.5, 0.6) is 0 Å². The highest BCUT2D eigenvalue weighted by Gasteiger charge is 2.18. The molecule has 0 aliphatic rings. The molecule has 0 saturated carbocycles. The van der Waals surface area contributed by atoms with Gasteiger partial charge in [0.1, 0.15) is 0 Å². The number of aliphatic carboxylic acids is 1. The Morgan fingerprint density at radius 3 is 2.50 bits per heavy atom. The van der Waals surface area contributed by atoms with Crippen LogP contribution in [-0.2, 0) is 4.79 Å². The van der Waals surface area contributed by atoms with Crippen molar-refractivity contribution in [3.8, 4) is 0 Å². The van der Waals surface area contributed by atoms with Crippen molar-refractivity contribution < 1.29 is 9.90 Å². The molecule has 112 valence electrons. The van der Waals surface area contributed by atoms with Gasteiger partial charge in [-0.3, -0.25) is 4.79 Å². The van der Waals surface area contributed by atoms with E-state index in [2.05, 4.69) is 18.7 Å². The number of benzene rings is 1. The zero-order chi connectivity index (χ0) is 15.3. The Morgan fingerprint density at radius 1 is 1.35 bits per heavy atom. The molecule has 0 fully saturated rings. The summed E-state index contributed by atoms with van der Waals surface area (Å²) >= 11 is 5.99. The van der Waals surface area contributed by atoms with E-state index in [4.69, 9.17) is 16.7 Å². The summed E-state index contributed by atoms with van der Waals surface area (Å²) in [4.78, 5) is 13.3. The van der Waals surface area contributed by atoms with E-state index in [1.807, 2.05) is 25.1 Å². The third-order valence-corrected chi connectivity index (χ3v) is 3.63. The minimum atomic E-state index is -0.758. The molecule has 1 atom stereocenters. The fourth-order valence-electron chi connectivity index (χ4n) is 2.11. The Kier molecular flexibility index (Phi) is 6.34. The summed E-state index contributed by atoms with van der Waals surface area (Å²) < 4.78 is 0. The van der Waals surface area contributed by atoms with Crippen LogP contribution in [0.4, 0.5) is 5.69 Å². The maximum absolute atomic E-state index is 11.1. The molecule has 4 heteroatoms. The number of hydrogen-bond acceptors (Lipinski definition) is 2. The average Bonchev–Trinajstić information content (AvgIpc) is 2.34. The SMILES string of the molecule is Cc1cc(Cl)ccc1N(CCC(C)C)CC(C)C(=O)O. The molecular formula is C16H24ClNO2. The molecule has 1 rings (SSSR count). The van der Waals surface area contributed by atoms with Crippen LogP contribution >= 0.6 is 11.6 Å². The summed E-state index contributed by atoms with van der Waals surface area (Å²) in [5.74, 6) is -0.561. The van der Waals surface area contributed by atoms with Crippen LogP contribution < -0.4 is 4.90 Å². The summed E-state index contributed by atoms with van der Waals surface area (Å²) in [6, 6.07) is 5.76. The zero-order valence-corrected chi connectivity index (χ0v) is 13.4. The van der Waals surface area contributed by atoms with E-state index in [1.165, 1.54) is 0 Å². The van der Waals surface area contributed by atoms with Gasteiger partial charge < -0.3 is 10.0 Å². The summed E-state index contributed by atoms with van der Waals surface area (Å²) in [6.45, 7) is 9.48. The molecule has 0 spiro atoms. The molecule has 20 heavy (non-hydrogen) atoms. The number of rotatable bonds is 7. The third kappa shape index (κ3) is 5.04. The van der Waals surface area contributed by atoms with E-state index < -0.39 is 11.9 Å². The van der Waals surface area contributed by atoms with Crippen molar-refractivity contribution in [3.05, 3.63) is 28.8 Å². The fourth-order valence-corrected chi connectivity index (χ4v) is 2.33. The minimum absolute atomic E-state index is 0.391. The third-order valence-electron chi connectivity index (χ3n) is 3.39. The van der Waals surface area contributed by atoms with Gasteiger partial charge in [-0.25, -0.2) is 0 Å². The number of anilines is 1. The number of halogens is 1. The Morgan fingerprint density at radius 2 is 2.00 bits per heavy atom. The van der Waals surface area contributed by atoms with E-state index in [-0.39, 0.29) is 0 Å². The lowest BCUT2D eigenvalue weighted by Crippen LogP contribution is -2.33. The van der Waals surface area contributed by atoms with E-state index in [1.54, 1.807) is 6.92 Å². The predicted molar refractivity (Wildman–Crippen MR) is 84.7 cm³/mol. The topological polar surface area (TPSA) is 40.5 Å². The molecule has 1 aromatic carbocycles. The van der Waals surface area contributed by atoms with Gasteiger partial charge in [-0.15, -0.1) is 0 Å². The van der Waals surface area contributed by atoms with Crippen molar-refractivity contribution in [2.75, 3.05) is 18.0 Å². The monoisotopic (exact) mass is 297 g/mol. The van der Waals surface area contributed by atoms with E-state index >= 15 is 0 Å². The summed E-state index contributed by atoms with van der Waals surface area (Å²) in [6.07, 6.45) is 1.04. The molecule has 1 aromatic rings. The van der Waals surface area contributed by atoms with Crippen LogP contribution in [0.2, 0.25) is 5.02 Å². The van der Waals surface area contributed by atoms with Crippen molar-refractivity contribution in [2.45, 2.75) is 34.1 Å². The molecule has 0 aliphatic heterocycles. The van der Waals surface area contributed by atoms with Gasteiger partial charge in [0.15, 0.2) is 0 Å². The van der Waals surface area contributed by atoms with Gasteiger partial charge in [0.05, 0.1) is 5.92 Å². The quantitative estimate of drug-likeness (QED) is 0.819. The van der Waals surface area contributed by atoms with Crippen molar-refractivity contribution >= 4 is 23.3 Å². The molecule has 3 nitrogen and oxygen atoms in total. The van der Waals surface area contributed by atoms with Crippen molar-refractivity contribution in [1.29, 1.82) is 0 Å². The maximum atomic E-state index is 11.1. The van der Waals surface area contributed by atoms with Crippen LogP contribution in [0.3, 0.4) is 0 Å². The number of aryl methyl sites for hydroxylation is 1. The number of carboxylic acid groups (broad SMARTS) is 1. The van der Waals surface area contributed by atoms with Crippen LogP contribution in [0, 0.1) is 18.8 Å². The largest absolute Gasteiger partial charge is 0.481 e. The predicted octanol–water partition coefficient (Wildman–Crippen LogP) is 4.22. The molecular weight excluding hydrogens is 274 g/mol. The number of hydrogen-bond donors (Lipinski definition) is 1. The highest BCUT2D eigenvalue weighted by atomic mass is 35.5. The van der Waals surface area contributed by atoms with Crippen molar-refractivity contribution in [3.63, 3.8) is 0 Å². The Balaban J connectivity index is 2.93. The smallest absolute Gasteiger partial charge is 0.308 e. The average molecular weight is 298 g/mol. The van der Waals surface area contributed by atoms with E-state index in [0.29, 0.717) is 17.5 Å². The van der Waals surface area contributed by atoms with Gasteiger partial charge >= 0.3 is 5.97 Å². The first kappa shape index (κ1) is 16.8. The molecule has 0 heterocycles. The summed E-state index contributed by atoms with van der Waals surface area (Å²) in [5, 5.41) is 9.83. The highest BCUT2D eigenvalue weighted by Crippen LogP contribution is 2.25. The lowest BCUT2D eigenvalue weighted by Gasteiger charge is -2.29. The molecule has 1 unspecified atom stereocenters. The van der Waals surface area contributed by atoms with Crippen molar-refractivity contribution in [2.24, 2.45) is 11.8 Å². The van der Waals surface area contributed by atoms with Gasteiger partial charge in [-0.05, 0) is 43.0 Å². The Labute approximate surface area is 126 Å². The maximum Gasteiger partial charge on any atom is 0.308 e. The standard InChI is InChI=1S/C16H24ClNO2/c1-11(2)7-8-18(10-13(4)16(19)20)15-6-5-14(17)9-12(15)3/h5-6,9,11,13H,7-8,10H2,1-4H3,(H,19,20). The van der Waals surface area contributed by atoms with Gasteiger partial charge in [0.25, 0.3) is 0 Å².